The van der Waals surface area contributed by atoms with Gasteiger partial charge in [-0.05, 0) is 31.2 Å². The van der Waals surface area contributed by atoms with Crippen LogP contribution in [-0.2, 0) is 0 Å². The largest absolute Gasteiger partial charge is 0.393 e. The predicted octanol–water partition coefficient (Wildman–Crippen LogP) is 2.86. The molecule has 2 aromatic rings. The van der Waals surface area contributed by atoms with Crippen molar-refractivity contribution >= 4 is 5.95 Å². The van der Waals surface area contributed by atoms with Crippen molar-refractivity contribution in [2.24, 2.45) is 0 Å². The summed E-state index contributed by atoms with van der Waals surface area (Å²) in [5.41, 5.74) is 2.15. The Morgan fingerprint density at radius 3 is 2.20 bits per heavy atom. The normalized spacial score (nSPS) is 22.4. The summed E-state index contributed by atoms with van der Waals surface area (Å²) in [5, 5.41) is 12.8. The molecule has 1 fully saturated rings. The van der Waals surface area contributed by atoms with Gasteiger partial charge in [-0.15, -0.1) is 0 Å². The fraction of sp³-hybridized carbons (Fsp3) is 0.375. The highest BCUT2D eigenvalue weighted by molar-refractivity contribution is 5.61. The van der Waals surface area contributed by atoms with E-state index >= 15 is 0 Å². The van der Waals surface area contributed by atoms with Crippen molar-refractivity contribution in [2.45, 2.75) is 37.8 Å². The molecule has 0 aliphatic heterocycles. The SMILES string of the molecule is O[C@H]1CC[C@@H](Nc2ncc(-c3ccccc3)cn2)CC1. The summed E-state index contributed by atoms with van der Waals surface area (Å²) >= 11 is 0. The Morgan fingerprint density at radius 2 is 1.55 bits per heavy atom. The van der Waals surface area contributed by atoms with Crippen LogP contribution in [0.4, 0.5) is 5.95 Å². The third kappa shape index (κ3) is 3.14. The van der Waals surface area contributed by atoms with Crippen LogP contribution in [0.15, 0.2) is 42.7 Å². The minimum atomic E-state index is -0.130. The number of aromatic nitrogens is 2. The van der Waals surface area contributed by atoms with Gasteiger partial charge in [0, 0.05) is 24.0 Å². The van der Waals surface area contributed by atoms with Crippen molar-refractivity contribution in [3.63, 3.8) is 0 Å². The second kappa shape index (κ2) is 6.01. The van der Waals surface area contributed by atoms with Crippen LogP contribution in [0.25, 0.3) is 11.1 Å². The van der Waals surface area contributed by atoms with E-state index in [4.69, 9.17) is 0 Å². The number of benzene rings is 1. The number of nitrogens with one attached hydrogen (secondary N) is 1. The van der Waals surface area contributed by atoms with Gasteiger partial charge in [0.25, 0.3) is 0 Å². The molecule has 0 bridgehead atoms. The van der Waals surface area contributed by atoms with Crippen LogP contribution in [0.1, 0.15) is 25.7 Å². The van der Waals surface area contributed by atoms with Crippen LogP contribution in [0.5, 0.6) is 0 Å². The molecular formula is C16H19N3O. The number of aliphatic hydroxyl groups is 1. The van der Waals surface area contributed by atoms with Gasteiger partial charge in [-0.3, -0.25) is 0 Å². The first kappa shape index (κ1) is 13.1. The van der Waals surface area contributed by atoms with E-state index in [9.17, 15) is 5.11 Å². The molecule has 0 amide bonds. The summed E-state index contributed by atoms with van der Waals surface area (Å²) in [4.78, 5) is 8.77. The van der Waals surface area contributed by atoms with E-state index < -0.39 is 0 Å². The van der Waals surface area contributed by atoms with Gasteiger partial charge in [-0.1, -0.05) is 30.3 Å². The molecule has 1 aliphatic rings. The molecule has 1 aromatic carbocycles. The van der Waals surface area contributed by atoms with Crippen LogP contribution in [0.3, 0.4) is 0 Å². The number of aliphatic hydroxyl groups excluding tert-OH is 1. The molecule has 2 N–H and O–H groups in total. The average Bonchev–Trinajstić information content (AvgIpc) is 2.51. The van der Waals surface area contributed by atoms with Crippen molar-refractivity contribution in [1.82, 2.24) is 9.97 Å². The standard InChI is InChI=1S/C16H19N3O/c20-15-8-6-14(7-9-15)19-16-17-10-13(11-18-16)12-4-2-1-3-5-12/h1-5,10-11,14-15,20H,6-9H2,(H,17,18,19)/t14-,15+. The lowest BCUT2D eigenvalue weighted by molar-refractivity contribution is 0.126. The van der Waals surface area contributed by atoms with Gasteiger partial charge in [-0.2, -0.15) is 0 Å². The van der Waals surface area contributed by atoms with Gasteiger partial charge >= 0.3 is 0 Å². The molecule has 1 aromatic heterocycles. The Bertz CT molecular complexity index is 533. The summed E-state index contributed by atoms with van der Waals surface area (Å²) in [6.45, 7) is 0. The van der Waals surface area contributed by atoms with Crippen molar-refractivity contribution in [2.75, 3.05) is 5.32 Å². The lowest BCUT2D eigenvalue weighted by Crippen LogP contribution is -2.28. The van der Waals surface area contributed by atoms with E-state index in [2.05, 4.69) is 15.3 Å². The van der Waals surface area contributed by atoms with E-state index in [1.165, 1.54) is 0 Å². The number of nitrogens with zero attached hydrogens (tertiary/aromatic N) is 2. The number of hydrogen-bond acceptors (Lipinski definition) is 4. The first-order chi connectivity index (χ1) is 9.81. The molecule has 104 valence electrons. The van der Waals surface area contributed by atoms with E-state index in [1.807, 2.05) is 42.7 Å². The Hall–Kier alpha value is -1.94. The Kier molecular flexibility index (Phi) is 3.92. The third-order valence-electron chi connectivity index (χ3n) is 3.79. The van der Waals surface area contributed by atoms with Crippen LogP contribution >= 0.6 is 0 Å². The fourth-order valence-electron chi connectivity index (χ4n) is 2.58. The summed E-state index contributed by atoms with van der Waals surface area (Å²) < 4.78 is 0. The maximum atomic E-state index is 9.50. The highest BCUT2D eigenvalue weighted by Crippen LogP contribution is 2.22. The number of anilines is 1. The molecule has 1 saturated carbocycles. The topological polar surface area (TPSA) is 58.0 Å². The number of rotatable bonds is 3. The van der Waals surface area contributed by atoms with Crippen LogP contribution in [0.2, 0.25) is 0 Å². The Balaban J connectivity index is 1.65. The smallest absolute Gasteiger partial charge is 0.222 e. The molecule has 4 heteroatoms. The summed E-state index contributed by atoms with van der Waals surface area (Å²) in [5.74, 6) is 0.672. The molecule has 0 radical (unpaired) electrons. The van der Waals surface area contributed by atoms with Gasteiger partial charge in [-0.25, -0.2) is 9.97 Å². The molecule has 0 saturated heterocycles. The van der Waals surface area contributed by atoms with E-state index in [-0.39, 0.29) is 6.10 Å². The molecule has 4 nitrogen and oxygen atoms in total. The van der Waals surface area contributed by atoms with Gasteiger partial charge < -0.3 is 10.4 Å². The lowest BCUT2D eigenvalue weighted by Gasteiger charge is -2.26. The van der Waals surface area contributed by atoms with E-state index in [0.717, 1.165) is 36.8 Å². The molecule has 3 rings (SSSR count). The molecule has 0 unspecified atom stereocenters. The van der Waals surface area contributed by atoms with Crippen LogP contribution < -0.4 is 5.32 Å². The van der Waals surface area contributed by atoms with Gasteiger partial charge in [0.05, 0.1) is 6.10 Å². The highest BCUT2D eigenvalue weighted by Gasteiger charge is 2.19. The maximum absolute atomic E-state index is 9.50. The third-order valence-corrected chi connectivity index (χ3v) is 3.79. The van der Waals surface area contributed by atoms with E-state index in [1.54, 1.807) is 0 Å². The Morgan fingerprint density at radius 1 is 0.900 bits per heavy atom. The second-order valence-corrected chi connectivity index (χ2v) is 5.31. The zero-order chi connectivity index (χ0) is 13.8. The average molecular weight is 269 g/mol. The monoisotopic (exact) mass is 269 g/mol. The predicted molar refractivity (Wildman–Crippen MR) is 79.4 cm³/mol. The first-order valence-electron chi connectivity index (χ1n) is 7.13. The maximum Gasteiger partial charge on any atom is 0.222 e. The molecule has 1 aliphatic carbocycles. The van der Waals surface area contributed by atoms with Crippen molar-refractivity contribution < 1.29 is 5.11 Å². The minimum absolute atomic E-state index is 0.130. The summed E-state index contributed by atoms with van der Waals surface area (Å²) in [7, 11) is 0. The van der Waals surface area contributed by atoms with Crippen molar-refractivity contribution in [3.8, 4) is 11.1 Å². The van der Waals surface area contributed by atoms with Gasteiger partial charge in [0.15, 0.2) is 0 Å². The van der Waals surface area contributed by atoms with Crippen molar-refractivity contribution in [3.05, 3.63) is 42.7 Å². The molecule has 1 heterocycles. The molecule has 0 spiro atoms. The first-order valence-corrected chi connectivity index (χ1v) is 7.13. The second-order valence-electron chi connectivity index (χ2n) is 5.31. The lowest BCUT2D eigenvalue weighted by atomic mass is 9.93. The van der Waals surface area contributed by atoms with Crippen LogP contribution in [-0.4, -0.2) is 27.2 Å². The zero-order valence-electron chi connectivity index (χ0n) is 11.4. The molecular weight excluding hydrogens is 250 g/mol. The minimum Gasteiger partial charge on any atom is -0.393 e. The Labute approximate surface area is 118 Å². The van der Waals surface area contributed by atoms with E-state index in [0.29, 0.717) is 12.0 Å². The summed E-state index contributed by atoms with van der Waals surface area (Å²) in [6, 6.07) is 10.5. The fourth-order valence-corrected chi connectivity index (χ4v) is 2.58. The summed E-state index contributed by atoms with van der Waals surface area (Å²) in [6.07, 6.45) is 7.24. The molecule has 20 heavy (non-hydrogen) atoms. The van der Waals surface area contributed by atoms with Crippen LogP contribution in [0, 0.1) is 0 Å². The number of hydrogen-bond donors (Lipinski definition) is 2. The van der Waals surface area contributed by atoms with Gasteiger partial charge in [0.1, 0.15) is 0 Å². The zero-order valence-corrected chi connectivity index (χ0v) is 11.4. The quantitative estimate of drug-likeness (QED) is 0.899. The van der Waals surface area contributed by atoms with Crippen molar-refractivity contribution in [1.29, 1.82) is 0 Å². The molecule has 0 atom stereocenters. The van der Waals surface area contributed by atoms with Gasteiger partial charge in [0.2, 0.25) is 5.95 Å². The highest BCUT2D eigenvalue weighted by atomic mass is 16.3.